The fourth-order valence-electron chi connectivity index (χ4n) is 4.61. The monoisotopic (exact) mass is 611 g/mol. The highest BCUT2D eigenvalue weighted by atomic mass is 35.5. The first-order valence-corrected chi connectivity index (χ1v) is 14.3. The molecule has 0 unspecified atom stereocenters. The van der Waals surface area contributed by atoms with Crippen molar-refractivity contribution in [3.8, 4) is 11.5 Å². The van der Waals surface area contributed by atoms with Crippen molar-refractivity contribution in [2.45, 2.75) is 32.5 Å². The number of anilines is 3. The molecule has 1 aliphatic heterocycles. The average Bonchev–Trinajstić information content (AvgIpc) is 2.97. The molecule has 2 heterocycles. The number of carbonyl (C=O) groups excluding carboxylic acids is 1. The van der Waals surface area contributed by atoms with Gasteiger partial charge in [-0.15, -0.1) is 0 Å². The molecule has 43 heavy (non-hydrogen) atoms. The van der Waals surface area contributed by atoms with Crippen molar-refractivity contribution < 1.29 is 27.8 Å². The van der Waals surface area contributed by atoms with Gasteiger partial charge in [0.05, 0.1) is 34.6 Å². The van der Waals surface area contributed by atoms with Crippen LogP contribution in [0.3, 0.4) is 0 Å². The SMILES string of the molecule is CCC(=O)Nc1cc2c(Nc3cc(Cl)c(OCc4cccc(F)c4)cc3F)ncnc2cc1OCCCN1CC(OC)C1. The summed E-state index contributed by atoms with van der Waals surface area (Å²) in [5.74, 6) is -0.323. The molecule has 0 bridgehead atoms. The van der Waals surface area contributed by atoms with Crippen LogP contribution in [-0.2, 0) is 16.1 Å². The van der Waals surface area contributed by atoms with Gasteiger partial charge in [0.1, 0.15) is 41.9 Å². The predicted molar refractivity (Wildman–Crippen MR) is 161 cm³/mol. The van der Waals surface area contributed by atoms with E-state index in [0.29, 0.717) is 46.4 Å². The molecule has 2 N–H and O–H groups in total. The molecule has 3 aromatic carbocycles. The number of fused-ring (bicyclic) bond motifs is 1. The first kappa shape index (κ1) is 30.4. The topological polar surface area (TPSA) is 97.8 Å². The quantitative estimate of drug-likeness (QED) is 0.169. The van der Waals surface area contributed by atoms with Crippen molar-refractivity contribution in [2.75, 3.05) is 44.0 Å². The number of likely N-dealkylation sites (tertiary alicyclic amines) is 1. The maximum Gasteiger partial charge on any atom is 0.224 e. The van der Waals surface area contributed by atoms with Crippen LogP contribution in [0.4, 0.5) is 26.0 Å². The highest BCUT2D eigenvalue weighted by molar-refractivity contribution is 6.32. The first-order valence-electron chi connectivity index (χ1n) is 13.9. The van der Waals surface area contributed by atoms with E-state index in [2.05, 4.69) is 25.5 Å². The molecule has 0 aliphatic carbocycles. The van der Waals surface area contributed by atoms with Crippen molar-refractivity contribution in [3.05, 3.63) is 77.1 Å². The molecular formula is C31H32ClF2N5O4. The number of hydrogen-bond acceptors (Lipinski definition) is 8. The molecule has 1 saturated heterocycles. The van der Waals surface area contributed by atoms with Crippen LogP contribution >= 0.6 is 11.6 Å². The van der Waals surface area contributed by atoms with E-state index >= 15 is 4.39 Å². The number of nitrogens with one attached hydrogen (secondary N) is 2. The lowest BCUT2D eigenvalue weighted by molar-refractivity contribution is -0.115. The molecule has 9 nitrogen and oxygen atoms in total. The maximum atomic E-state index is 15.2. The van der Waals surface area contributed by atoms with Crippen LogP contribution in [0.1, 0.15) is 25.3 Å². The molecule has 0 saturated carbocycles. The molecular weight excluding hydrogens is 580 g/mol. The third-order valence-corrected chi connectivity index (χ3v) is 7.32. The van der Waals surface area contributed by atoms with Gasteiger partial charge in [-0.05, 0) is 36.2 Å². The van der Waals surface area contributed by atoms with Gasteiger partial charge in [0.15, 0.2) is 0 Å². The molecule has 1 aromatic heterocycles. The van der Waals surface area contributed by atoms with Crippen LogP contribution in [0.2, 0.25) is 5.02 Å². The lowest BCUT2D eigenvalue weighted by atomic mass is 10.1. The molecule has 0 spiro atoms. The Hall–Kier alpha value is -4.06. The summed E-state index contributed by atoms with van der Waals surface area (Å²) in [5.41, 5.74) is 1.63. The molecule has 1 aliphatic rings. The van der Waals surface area contributed by atoms with Crippen LogP contribution in [0.25, 0.3) is 10.9 Å². The minimum Gasteiger partial charge on any atom is -0.491 e. The number of rotatable bonds is 13. The summed E-state index contributed by atoms with van der Waals surface area (Å²) in [7, 11) is 1.72. The summed E-state index contributed by atoms with van der Waals surface area (Å²) in [6, 6.07) is 11.9. The standard InChI is InChI=1S/C31H32ClF2N5O4/c1-3-30(40)37-27-11-22-25(14-29(27)42-9-5-8-39-15-21(16-39)41-2)35-18-36-31(22)38-26-12-23(32)28(13-24(26)34)43-17-19-6-4-7-20(33)10-19/h4,6-7,10-14,18,21H,3,5,8-9,15-17H2,1-2H3,(H,37,40)(H,35,36,38). The largest absolute Gasteiger partial charge is 0.491 e. The number of carbonyl (C=O) groups is 1. The zero-order valence-corrected chi connectivity index (χ0v) is 24.6. The molecule has 0 atom stereocenters. The number of hydrogen-bond donors (Lipinski definition) is 2. The first-order chi connectivity index (χ1) is 20.8. The zero-order valence-electron chi connectivity index (χ0n) is 23.8. The second-order valence-electron chi connectivity index (χ2n) is 10.1. The van der Waals surface area contributed by atoms with Gasteiger partial charge < -0.3 is 24.8 Å². The second-order valence-corrected chi connectivity index (χ2v) is 10.5. The van der Waals surface area contributed by atoms with Crippen LogP contribution in [0.15, 0.2) is 54.9 Å². The molecule has 226 valence electrons. The Morgan fingerprint density at radius 1 is 1.07 bits per heavy atom. The van der Waals surface area contributed by atoms with Crippen molar-refractivity contribution >= 4 is 45.6 Å². The normalized spacial score (nSPS) is 13.5. The number of halogens is 3. The Kier molecular flexibility index (Phi) is 9.86. The van der Waals surface area contributed by atoms with Crippen LogP contribution < -0.4 is 20.1 Å². The minimum atomic E-state index is -0.635. The molecule has 12 heteroatoms. The minimum absolute atomic E-state index is 0.0173. The van der Waals surface area contributed by atoms with Gasteiger partial charge in [-0.25, -0.2) is 18.7 Å². The van der Waals surface area contributed by atoms with Gasteiger partial charge in [-0.1, -0.05) is 30.7 Å². The van der Waals surface area contributed by atoms with E-state index in [4.69, 9.17) is 25.8 Å². The Bertz CT molecular complexity index is 1600. The molecule has 0 radical (unpaired) electrons. The smallest absolute Gasteiger partial charge is 0.224 e. The number of aromatic nitrogens is 2. The third-order valence-electron chi connectivity index (χ3n) is 7.02. The number of benzene rings is 3. The van der Waals surface area contributed by atoms with E-state index in [1.807, 2.05) is 0 Å². The van der Waals surface area contributed by atoms with E-state index < -0.39 is 11.6 Å². The summed E-state index contributed by atoms with van der Waals surface area (Å²) in [6.07, 6.45) is 2.72. The number of methoxy groups -OCH3 is 1. The summed E-state index contributed by atoms with van der Waals surface area (Å²) in [4.78, 5) is 23.3. The molecule has 5 rings (SSSR count). The van der Waals surface area contributed by atoms with Crippen molar-refractivity contribution in [1.82, 2.24) is 14.9 Å². The molecule has 1 fully saturated rings. The summed E-state index contributed by atoms with van der Waals surface area (Å²) in [6.45, 7) is 4.92. The Labute approximate surface area is 253 Å². The maximum absolute atomic E-state index is 15.2. The van der Waals surface area contributed by atoms with Crippen LogP contribution in [0, 0.1) is 11.6 Å². The average molecular weight is 612 g/mol. The van der Waals surface area contributed by atoms with Crippen LogP contribution in [-0.4, -0.2) is 60.2 Å². The zero-order chi connectivity index (χ0) is 30.3. The molecule has 4 aromatic rings. The van der Waals surface area contributed by atoms with Gasteiger partial charge in [-0.2, -0.15) is 0 Å². The summed E-state index contributed by atoms with van der Waals surface area (Å²) in [5, 5.41) is 6.55. The number of ether oxygens (including phenoxy) is 3. The van der Waals surface area contributed by atoms with Crippen molar-refractivity contribution in [3.63, 3.8) is 0 Å². The Morgan fingerprint density at radius 3 is 2.67 bits per heavy atom. The second kappa shape index (κ2) is 13.9. The number of nitrogens with zero attached hydrogens (tertiary/aromatic N) is 3. The summed E-state index contributed by atoms with van der Waals surface area (Å²) >= 11 is 6.40. The molecule has 1 amide bonds. The lowest BCUT2D eigenvalue weighted by Gasteiger charge is -2.38. The predicted octanol–water partition coefficient (Wildman–Crippen LogP) is 6.33. The summed E-state index contributed by atoms with van der Waals surface area (Å²) < 4.78 is 45.7. The van der Waals surface area contributed by atoms with Gasteiger partial charge in [0, 0.05) is 50.7 Å². The Balaban J connectivity index is 1.33. The fourth-order valence-corrected chi connectivity index (χ4v) is 4.83. The number of amides is 1. The van der Waals surface area contributed by atoms with Crippen molar-refractivity contribution in [2.24, 2.45) is 0 Å². The van der Waals surface area contributed by atoms with Gasteiger partial charge in [-0.3, -0.25) is 9.69 Å². The van der Waals surface area contributed by atoms with E-state index in [0.717, 1.165) is 32.1 Å². The highest BCUT2D eigenvalue weighted by Crippen LogP contribution is 2.36. The Morgan fingerprint density at radius 2 is 1.91 bits per heavy atom. The van der Waals surface area contributed by atoms with E-state index in [1.165, 1.54) is 24.5 Å². The van der Waals surface area contributed by atoms with Gasteiger partial charge in [0.25, 0.3) is 0 Å². The highest BCUT2D eigenvalue weighted by Gasteiger charge is 2.25. The van der Waals surface area contributed by atoms with Crippen LogP contribution in [0.5, 0.6) is 11.5 Å². The van der Waals surface area contributed by atoms with Gasteiger partial charge >= 0.3 is 0 Å². The van der Waals surface area contributed by atoms with E-state index in [1.54, 1.807) is 38.3 Å². The van der Waals surface area contributed by atoms with E-state index in [9.17, 15) is 9.18 Å². The van der Waals surface area contributed by atoms with Gasteiger partial charge in [0.2, 0.25) is 5.91 Å². The van der Waals surface area contributed by atoms with E-state index in [-0.39, 0.29) is 35.4 Å². The van der Waals surface area contributed by atoms with Crippen molar-refractivity contribution in [1.29, 1.82) is 0 Å². The third kappa shape index (κ3) is 7.67. The lowest BCUT2D eigenvalue weighted by Crippen LogP contribution is -2.51. The fraction of sp³-hybridized carbons (Fsp3) is 0.323.